The van der Waals surface area contributed by atoms with Crippen LogP contribution in [0.5, 0.6) is 0 Å². The molecular weight excluding hydrogens is 414 g/mol. The summed E-state index contributed by atoms with van der Waals surface area (Å²) in [5.74, 6) is 0.669. The van der Waals surface area contributed by atoms with Crippen molar-refractivity contribution < 1.29 is 13.2 Å². The van der Waals surface area contributed by atoms with Gasteiger partial charge in [-0.3, -0.25) is 9.10 Å². The molecule has 1 amide bonds. The summed E-state index contributed by atoms with van der Waals surface area (Å²) in [5.41, 5.74) is 1.28. The fourth-order valence-corrected chi connectivity index (χ4v) is 5.43. The molecule has 4 rings (SSSR count). The van der Waals surface area contributed by atoms with Crippen LogP contribution in [0.1, 0.15) is 19.3 Å². The fraction of sp³-hybridized carbons (Fsp3) is 0.421. The number of nitrogens with zero attached hydrogens (tertiary/aromatic N) is 4. The number of hydrogen-bond donors (Lipinski definition) is 1. The summed E-state index contributed by atoms with van der Waals surface area (Å²) in [6, 6.07) is 10.4. The van der Waals surface area contributed by atoms with Gasteiger partial charge < -0.3 is 10.2 Å². The van der Waals surface area contributed by atoms with E-state index in [1.54, 1.807) is 36.4 Å². The van der Waals surface area contributed by atoms with Gasteiger partial charge in [0.05, 0.1) is 17.4 Å². The molecule has 0 aliphatic carbocycles. The molecule has 1 atom stereocenters. The van der Waals surface area contributed by atoms with Crippen molar-refractivity contribution >= 4 is 44.7 Å². The van der Waals surface area contributed by atoms with E-state index in [0.29, 0.717) is 41.9 Å². The molecule has 1 aromatic carbocycles. The zero-order valence-corrected chi connectivity index (χ0v) is 17.4. The van der Waals surface area contributed by atoms with Crippen molar-refractivity contribution in [3.05, 3.63) is 41.6 Å². The predicted octanol–water partition coefficient (Wildman–Crippen LogP) is 2.53. The normalized spacial score (nSPS) is 21.2. The molecule has 3 heterocycles. The molecule has 2 aromatic rings. The summed E-state index contributed by atoms with van der Waals surface area (Å²) >= 11 is 5.80. The Hall–Kier alpha value is -2.39. The average molecular weight is 436 g/mol. The van der Waals surface area contributed by atoms with Crippen molar-refractivity contribution in [3.63, 3.8) is 0 Å². The van der Waals surface area contributed by atoms with E-state index in [-0.39, 0.29) is 17.6 Å². The van der Waals surface area contributed by atoms with E-state index in [9.17, 15) is 13.2 Å². The highest BCUT2D eigenvalue weighted by Gasteiger charge is 2.29. The van der Waals surface area contributed by atoms with Crippen LogP contribution in [0.2, 0.25) is 5.15 Å². The molecule has 0 radical (unpaired) electrons. The van der Waals surface area contributed by atoms with Gasteiger partial charge in [-0.15, -0.1) is 10.2 Å². The van der Waals surface area contributed by atoms with E-state index in [0.717, 1.165) is 19.4 Å². The minimum Gasteiger partial charge on any atom is -0.354 e. The number of rotatable bonds is 4. The molecule has 2 saturated heterocycles. The number of sulfonamides is 1. The Bertz CT molecular complexity index is 982. The van der Waals surface area contributed by atoms with Gasteiger partial charge in [-0.05, 0) is 55.7 Å². The van der Waals surface area contributed by atoms with Crippen LogP contribution in [0, 0.1) is 5.92 Å². The zero-order chi connectivity index (χ0) is 20.4. The van der Waals surface area contributed by atoms with Crippen LogP contribution in [0.3, 0.4) is 0 Å². The maximum atomic E-state index is 12.7. The van der Waals surface area contributed by atoms with Crippen molar-refractivity contribution in [3.8, 4) is 0 Å². The Morgan fingerprint density at radius 2 is 1.86 bits per heavy atom. The number of aromatic nitrogens is 2. The second kappa shape index (κ2) is 8.16. The number of carbonyl (C=O) groups excluding carboxylic acids is 1. The Morgan fingerprint density at radius 1 is 1.07 bits per heavy atom. The van der Waals surface area contributed by atoms with Crippen molar-refractivity contribution in [2.45, 2.75) is 19.3 Å². The molecule has 154 valence electrons. The lowest BCUT2D eigenvalue weighted by Crippen LogP contribution is -2.41. The number of benzene rings is 1. The SMILES string of the molecule is O=C(Nc1ccc(N2CCCS2(=O)=O)cc1)C1CCCN(c2ccc(Cl)nn2)C1. The van der Waals surface area contributed by atoms with Crippen LogP contribution in [-0.4, -0.2) is 49.9 Å². The third-order valence-electron chi connectivity index (χ3n) is 5.26. The van der Waals surface area contributed by atoms with Gasteiger partial charge >= 0.3 is 0 Å². The largest absolute Gasteiger partial charge is 0.354 e. The highest BCUT2D eigenvalue weighted by atomic mass is 35.5. The first-order valence-electron chi connectivity index (χ1n) is 9.58. The molecule has 2 aliphatic heterocycles. The lowest BCUT2D eigenvalue weighted by molar-refractivity contribution is -0.120. The number of carbonyl (C=O) groups is 1. The fourth-order valence-electron chi connectivity index (χ4n) is 3.76. The second-order valence-electron chi connectivity index (χ2n) is 7.28. The highest BCUT2D eigenvalue weighted by molar-refractivity contribution is 7.93. The molecule has 0 bridgehead atoms. The number of hydrogen-bond acceptors (Lipinski definition) is 6. The van der Waals surface area contributed by atoms with E-state index in [4.69, 9.17) is 11.6 Å². The van der Waals surface area contributed by atoms with Gasteiger partial charge in [-0.25, -0.2) is 8.42 Å². The standard InChI is InChI=1S/C19H22ClN5O3S/c20-17-8-9-18(23-22-17)24-10-1-3-14(13-24)19(26)21-15-4-6-16(7-5-15)25-11-2-12-29(25,27)28/h4-9,14H,1-3,10-13H2,(H,21,26). The lowest BCUT2D eigenvalue weighted by atomic mass is 9.97. The second-order valence-corrected chi connectivity index (χ2v) is 9.68. The lowest BCUT2D eigenvalue weighted by Gasteiger charge is -2.32. The number of halogens is 1. The Morgan fingerprint density at radius 3 is 2.52 bits per heavy atom. The molecule has 0 spiro atoms. The zero-order valence-electron chi connectivity index (χ0n) is 15.8. The van der Waals surface area contributed by atoms with E-state index in [1.165, 1.54) is 4.31 Å². The molecule has 1 aromatic heterocycles. The van der Waals surface area contributed by atoms with Gasteiger partial charge in [0.2, 0.25) is 15.9 Å². The van der Waals surface area contributed by atoms with Crippen molar-refractivity contribution in [1.82, 2.24) is 10.2 Å². The van der Waals surface area contributed by atoms with Gasteiger partial charge in [-0.1, -0.05) is 11.6 Å². The summed E-state index contributed by atoms with van der Waals surface area (Å²) < 4.78 is 25.5. The first-order chi connectivity index (χ1) is 13.9. The van der Waals surface area contributed by atoms with Gasteiger partial charge in [0.1, 0.15) is 0 Å². The number of nitrogens with one attached hydrogen (secondary N) is 1. The minimum absolute atomic E-state index is 0.0573. The molecule has 2 fully saturated rings. The van der Waals surface area contributed by atoms with Crippen LogP contribution in [-0.2, 0) is 14.8 Å². The maximum Gasteiger partial charge on any atom is 0.235 e. The molecule has 29 heavy (non-hydrogen) atoms. The molecule has 1 N–H and O–H groups in total. The molecule has 1 unspecified atom stereocenters. The quantitative estimate of drug-likeness (QED) is 0.792. The average Bonchev–Trinajstić information content (AvgIpc) is 3.08. The Kier molecular flexibility index (Phi) is 5.60. The number of piperidine rings is 1. The van der Waals surface area contributed by atoms with Crippen molar-refractivity contribution in [2.24, 2.45) is 5.92 Å². The van der Waals surface area contributed by atoms with Gasteiger partial charge in [-0.2, -0.15) is 0 Å². The number of anilines is 3. The molecule has 2 aliphatic rings. The third-order valence-corrected chi connectivity index (χ3v) is 7.33. The van der Waals surface area contributed by atoms with Gasteiger partial charge in [0.15, 0.2) is 11.0 Å². The third kappa shape index (κ3) is 4.45. The maximum absolute atomic E-state index is 12.7. The summed E-state index contributed by atoms with van der Waals surface area (Å²) in [5, 5.41) is 11.2. The highest BCUT2D eigenvalue weighted by Crippen LogP contribution is 2.26. The van der Waals surface area contributed by atoms with Crippen LogP contribution in [0.4, 0.5) is 17.2 Å². The monoisotopic (exact) mass is 435 g/mol. The van der Waals surface area contributed by atoms with E-state index in [1.807, 2.05) is 4.90 Å². The summed E-state index contributed by atoms with van der Waals surface area (Å²) in [7, 11) is -3.21. The topological polar surface area (TPSA) is 95.5 Å². The Labute approximate surface area is 174 Å². The van der Waals surface area contributed by atoms with Crippen LogP contribution in [0.25, 0.3) is 0 Å². The Balaban J connectivity index is 1.39. The molecule has 8 nitrogen and oxygen atoms in total. The van der Waals surface area contributed by atoms with Crippen LogP contribution >= 0.6 is 11.6 Å². The van der Waals surface area contributed by atoms with Gasteiger partial charge in [0, 0.05) is 25.3 Å². The van der Waals surface area contributed by atoms with E-state index in [2.05, 4.69) is 15.5 Å². The first-order valence-corrected chi connectivity index (χ1v) is 11.6. The molecule has 0 saturated carbocycles. The van der Waals surface area contributed by atoms with Crippen molar-refractivity contribution in [1.29, 1.82) is 0 Å². The molecule has 10 heteroatoms. The predicted molar refractivity (Wildman–Crippen MR) is 113 cm³/mol. The van der Waals surface area contributed by atoms with Gasteiger partial charge in [0.25, 0.3) is 0 Å². The van der Waals surface area contributed by atoms with Crippen LogP contribution < -0.4 is 14.5 Å². The molecular formula is C19H22ClN5O3S. The van der Waals surface area contributed by atoms with Crippen molar-refractivity contribution in [2.75, 3.05) is 39.9 Å². The summed E-state index contributed by atoms with van der Waals surface area (Å²) in [4.78, 5) is 14.8. The smallest absolute Gasteiger partial charge is 0.235 e. The minimum atomic E-state index is -3.21. The summed E-state index contributed by atoms with van der Waals surface area (Å²) in [6.07, 6.45) is 2.32. The number of amides is 1. The van der Waals surface area contributed by atoms with Crippen LogP contribution in [0.15, 0.2) is 36.4 Å². The van der Waals surface area contributed by atoms with E-state index >= 15 is 0 Å². The summed E-state index contributed by atoms with van der Waals surface area (Å²) in [6.45, 7) is 1.88. The van der Waals surface area contributed by atoms with E-state index < -0.39 is 10.0 Å². The first kappa shape index (κ1) is 19.9.